The van der Waals surface area contributed by atoms with Gasteiger partial charge in [0.1, 0.15) is 24.2 Å². The van der Waals surface area contributed by atoms with Crippen molar-refractivity contribution in [1.82, 2.24) is 10.2 Å². The molecule has 0 spiro atoms. The van der Waals surface area contributed by atoms with Crippen molar-refractivity contribution in [3.05, 3.63) is 23.8 Å². The first kappa shape index (κ1) is 19.4. The molecule has 1 atom stereocenters. The molecule has 0 aliphatic carbocycles. The van der Waals surface area contributed by atoms with Crippen LogP contribution in [-0.2, 0) is 6.54 Å². The number of hydrogen-bond acceptors (Lipinski definition) is 6. The Balaban J connectivity index is 1.87. The Morgan fingerprint density at radius 2 is 2.12 bits per heavy atom. The molecule has 0 bridgehead atoms. The molecule has 0 aromatic heterocycles. The summed E-state index contributed by atoms with van der Waals surface area (Å²) in [4.78, 5) is 2.30. The molecule has 0 radical (unpaired) electrons. The topological polar surface area (TPSA) is 54.0 Å². The highest BCUT2D eigenvalue weighted by atomic mass is 32.2. The smallest absolute Gasteiger partial charge is 0.127 e. The predicted octanol–water partition coefficient (Wildman–Crippen LogP) is 1.98. The summed E-state index contributed by atoms with van der Waals surface area (Å²) in [6, 6.07) is 5.86. The van der Waals surface area contributed by atoms with Gasteiger partial charge in [-0.1, -0.05) is 6.07 Å². The third-order valence-corrected chi connectivity index (χ3v) is 4.78. The van der Waals surface area contributed by atoms with Crippen LogP contribution in [0.2, 0.25) is 0 Å². The summed E-state index contributed by atoms with van der Waals surface area (Å²) < 4.78 is 11.2. The molecule has 2 rings (SSSR count). The summed E-state index contributed by atoms with van der Waals surface area (Å²) in [5, 5.41) is 13.6. The summed E-state index contributed by atoms with van der Waals surface area (Å²) >= 11 is 1.82. The average molecular weight is 355 g/mol. The number of thioether (sulfide) groups is 1. The zero-order valence-corrected chi connectivity index (χ0v) is 15.6. The van der Waals surface area contributed by atoms with Gasteiger partial charge in [0.2, 0.25) is 0 Å². The number of β-amino-alcohol motifs (C(OH)–C–C–N with tert-alkyl or cyclic N) is 1. The molecule has 1 aliphatic heterocycles. The maximum Gasteiger partial charge on any atom is 0.127 e. The van der Waals surface area contributed by atoms with Crippen molar-refractivity contribution in [1.29, 1.82) is 0 Å². The van der Waals surface area contributed by atoms with E-state index in [9.17, 15) is 5.11 Å². The lowest BCUT2D eigenvalue weighted by Gasteiger charge is -2.20. The van der Waals surface area contributed by atoms with Crippen LogP contribution in [-0.4, -0.2) is 68.0 Å². The van der Waals surface area contributed by atoms with Crippen LogP contribution in [0.5, 0.6) is 11.5 Å². The molecule has 6 heteroatoms. The Kier molecular flexibility index (Phi) is 8.74. The van der Waals surface area contributed by atoms with E-state index in [2.05, 4.69) is 16.5 Å². The third kappa shape index (κ3) is 6.51. The molecule has 2 N–H and O–H groups in total. The molecule has 24 heavy (non-hydrogen) atoms. The number of likely N-dealkylation sites (tertiary alicyclic amines) is 1. The molecule has 0 saturated carbocycles. The predicted molar refractivity (Wildman–Crippen MR) is 100 cm³/mol. The minimum absolute atomic E-state index is 0.307. The Bertz CT molecular complexity index is 481. The number of hydrogen-bond donors (Lipinski definition) is 2. The van der Waals surface area contributed by atoms with Crippen LogP contribution in [0.3, 0.4) is 0 Å². The summed E-state index contributed by atoms with van der Waals surface area (Å²) in [6.07, 6.45) is 4.10. The van der Waals surface area contributed by atoms with Gasteiger partial charge in [-0.25, -0.2) is 0 Å². The van der Waals surface area contributed by atoms with Gasteiger partial charge in [-0.15, -0.1) is 0 Å². The molecule has 5 nitrogen and oxygen atoms in total. The lowest BCUT2D eigenvalue weighted by atomic mass is 10.2. The van der Waals surface area contributed by atoms with Crippen molar-refractivity contribution < 1.29 is 14.6 Å². The first-order valence-corrected chi connectivity index (χ1v) is 10.0. The summed E-state index contributed by atoms with van der Waals surface area (Å²) in [5.74, 6) is 2.64. The number of aliphatic hydroxyl groups is 1. The van der Waals surface area contributed by atoms with Crippen LogP contribution in [0.4, 0.5) is 0 Å². The Labute approximate surface area is 149 Å². The van der Waals surface area contributed by atoms with Gasteiger partial charge < -0.3 is 24.8 Å². The first-order chi connectivity index (χ1) is 11.7. The van der Waals surface area contributed by atoms with Crippen molar-refractivity contribution in [2.24, 2.45) is 0 Å². The Hall–Kier alpha value is -0.950. The van der Waals surface area contributed by atoms with Crippen molar-refractivity contribution in [2.45, 2.75) is 25.5 Å². The van der Waals surface area contributed by atoms with E-state index in [4.69, 9.17) is 9.47 Å². The fourth-order valence-corrected chi connectivity index (χ4v) is 3.19. The van der Waals surface area contributed by atoms with Crippen molar-refractivity contribution in [2.75, 3.05) is 51.9 Å². The lowest BCUT2D eigenvalue weighted by Crippen LogP contribution is -2.33. The van der Waals surface area contributed by atoms with E-state index < -0.39 is 6.10 Å². The molecule has 1 saturated heterocycles. The second-order valence-electron chi connectivity index (χ2n) is 6.12. The van der Waals surface area contributed by atoms with Crippen molar-refractivity contribution in [3.8, 4) is 11.5 Å². The highest BCUT2D eigenvalue weighted by Crippen LogP contribution is 2.25. The second kappa shape index (κ2) is 10.8. The minimum Gasteiger partial charge on any atom is -0.497 e. The van der Waals surface area contributed by atoms with E-state index in [0.29, 0.717) is 13.2 Å². The standard InChI is InChI=1S/C18H30N2O3S/c1-22-17-6-5-15(12-19-7-10-24-2)18(11-17)23-14-16(21)13-20-8-3-4-9-20/h5-6,11,16,19,21H,3-4,7-10,12-14H2,1-2H3. The maximum absolute atomic E-state index is 10.2. The molecule has 1 heterocycles. The van der Waals surface area contributed by atoms with Crippen molar-refractivity contribution in [3.63, 3.8) is 0 Å². The fraction of sp³-hybridized carbons (Fsp3) is 0.667. The average Bonchev–Trinajstić information content (AvgIpc) is 3.10. The van der Waals surface area contributed by atoms with Gasteiger partial charge in [-0.2, -0.15) is 11.8 Å². The van der Waals surface area contributed by atoms with Crippen LogP contribution in [0.15, 0.2) is 18.2 Å². The summed E-state index contributed by atoms with van der Waals surface area (Å²) in [6.45, 7) is 4.88. The zero-order valence-electron chi connectivity index (χ0n) is 14.8. The molecule has 1 aromatic rings. The molecule has 1 unspecified atom stereocenters. The SMILES string of the molecule is COc1ccc(CNCCSC)c(OCC(O)CN2CCCC2)c1. The number of benzene rings is 1. The van der Waals surface area contributed by atoms with Gasteiger partial charge in [0, 0.05) is 37.0 Å². The van der Waals surface area contributed by atoms with Gasteiger partial charge in [0.25, 0.3) is 0 Å². The van der Waals surface area contributed by atoms with E-state index in [1.165, 1.54) is 12.8 Å². The Morgan fingerprint density at radius 1 is 1.33 bits per heavy atom. The van der Waals surface area contributed by atoms with Crippen molar-refractivity contribution >= 4 is 11.8 Å². The summed E-state index contributed by atoms with van der Waals surface area (Å²) in [7, 11) is 1.65. The molecule has 1 aliphatic rings. The minimum atomic E-state index is -0.466. The van der Waals surface area contributed by atoms with E-state index >= 15 is 0 Å². The van der Waals surface area contributed by atoms with E-state index in [0.717, 1.165) is 49.0 Å². The second-order valence-corrected chi connectivity index (χ2v) is 7.10. The monoisotopic (exact) mass is 354 g/mol. The highest BCUT2D eigenvalue weighted by Gasteiger charge is 2.16. The van der Waals surface area contributed by atoms with Gasteiger partial charge in [0.15, 0.2) is 0 Å². The molecular weight excluding hydrogens is 324 g/mol. The lowest BCUT2D eigenvalue weighted by molar-refractivity contribution is 0.0753. The van der Waals surface area contributed by atoms with Gasteiger partial charge in [0.05, 0.1) is 7.11 Å². The highest BCUT2D eigenvalue weighted by molar-refractivity contribution is 7.98. The Morgan fingerprint density at radius 3 is 2.83 bits per heavy atom. The van der Waals surface area contributed by atoms with E-state index in [1.807, 2.05) is 30.0 Å². The van der Waals surface area contributed by atoms with Crippen LogP contribution in [0.25, 0.3) is 0 Å². The molecule has 1 aromatic carbocycles. The van der Waals surface area contributed by atoms with Crippen LogP contribution in [0.1, 0.15) is 18.4 Å². The first-order valence-electron chi connectivity index (χ1n) is 8.62. The quantitative estimate of drug-likeness (QED) is 0.593. The van der Waals surface area contributed by atoms with E-state index in [-0.39, 0.29) is 0 Å². The number of nitrogens with one attached hydrogen (secondary N) is 1. The van der Waals surface area contributed by atoms with Gasteiger partial charge in [-0.05, 0) is 38.3 Å². The number of rotatable bonds is 11. The number of nitrogens with zero attached hydrogens (tertiary/aromatic N) is 1. The maximum atomic E-state index is 10.2. The molecular formula is C18H30N2O3S. The number of ether oxygens (including phenoxy) is 2. The largest absolute Gasteiger partial charge is 0.497 e. The fourth-order valence-electron chi connectivity index (χ4n) is 2.84. The van der Waals surface area contributed by atoms with E-state index in [1.54, 1.807) is 7.11 Å². The third-order valence-electron chi connectivity index (χ3n) is 4.17. The molecule has 0 amide bonds. The van der Waals surface area contributed by atoms with Crippen LogP contribution >= 0.6 is 11.8 Å². The number of aliphatic hydroxyl groups excluding tert-OH is 1. The normalized spacial score (nSPS) is 16.3. The zero-order chi connectivity index (χ0) is 17.2. The van der Waals surface area contributed by atoms with Crippen LogP contribution in [0, 0.1) is 0 Å². The van der Waals surface area contributed by atoms with Gasteiger partial charge in [-0.3, -0.25) is 0 Å². The molecule has 1 fully saturated rings. The van der Waals surface area contributed by atoms with Gasteiger partial charge >= 0.3 is 0 Å². The summed E-state index contributed by atoms with van der Waals surface area (Å²) in [5.41, 5.74) is 1.09. The van der Waals surface area contributed by atoms with Crippen LogP contribution < -0.4 is 14.8 Å². The molecule has 136 valence electrons. The number of methoxy groups -OCH3 is 1.